The van der Waals surface area contributed by atoms with Crippen LogP contribution in [0.3, 0.4) is 0 Å². The Balaban J connectivity index is 1.18. The summed E-state index contributed by atoms with van der Waals surface area (Å²) in [5, 5.41) is 27.4. The number of nitrogens with one attached hydrogen (secondary N) is 3. The minimum atomic E-state index is -3.90. The van der Waals surface area contributed by atoms with Gasteiger partial charge in [0.2, 0.25) is 0 Å². The largest absolute Gasteiger partial charge is 0.387 e. The number of benzene rings is 3. The molecule has 2 heterocycles. The van der Waals surface area contributed by atoms with Crippen molar-refractivity contribution < 1.29 is 18.4 Å². The van der Waals surface area contributed by atoms with Crippen molar-refractivity contribution in [3.63, 3.8) is 0 Å². The monoisotopic (exact) mass is 600 g/mol. The van der Waals surface area contributed by atoms with E-state index in [9.17, 15) is 28.4 Å². The summed E-state index contributed by atoms with van der Waals surface area (Å²) in [5.74, 6) is 0. The summed E-state index contributed by atoms with van der Waals surface area (Å²) in [6.07, 6.45) is 3.32. The smallest absolute Gasteiger partial charge is 0.271 e. The molecule has 220 valence electrons. The summed E-state index contributed by atoms with van der Waals surface area (Å²) < 4.78 is 29.8. The van der Waals surface area contributed by atoms with Crippen LogP contribution in [-0.2, 0) is 16.4 Å². The lowest BCUT2D eigenvalue weighted by Gasteiger charge is -2.12. The summed E-state index contributed by atoms with van der Waals surface area (Å²) in [7, 11) is -3.90. The molecule has 43 heavy (non-hydrogen) atoms. The molecule has 0 radical (unpaired) electrons. The molecule has 5 rings (SSSR count). The van der Waals surface area contributed by atoms with Gasteiger partial charge in [-0.15, -0.1) is 0 Å². The van der Waals surface area contributed by atoms with Crippen molar-refractivity contribution in [1.29, 1.82) is 0 Å². The fourth-order valence-electron chi connectivity index (χ4n) is 4.41. The average Bonchev–Trinajstić information content (AvgIpc) is 3.42. The molecule has 0 aliphatic rings. The van der Waals surface area contributed by atoms with Crippen LogP contribution in [0.5, 0.6) is 0 Å². The molecule has 13 heteroatoms. The van der Waals surface area contributed by atoms with Crippen molar-refractivity contribution in [3.8, 4) is 16.9 Å². The average molecular weight is 601 g/mol. The summed E-state index contributed by atoms with van der Waals surface area (Å²) >= 11 is 0. The van der Waals surface area contributed by atoms with Gasteiger partial charge >= 0.3 is 0 Å². The molecule has 2 aromatic heterocycles. The van der Waals surface area contributed by atoms with E-state index in [1.165, 1.54) is 53.2 Å². The first kappa shape index (κ1) is 29.4. The van der Waals surface area contributed by atoms with Crippen molar-refractivity contribution in [1.82, 2.24) is 20.1 Å². The van der Waals surface area contributed by atoms with Gasteiger partial charge in [-0.05, 0) is 61.0 Å². The molecule has 12 nitrogen and oxygen atoms in total. The molecule has 3 aromatic carbocycles. The number of aromatic amines is 1. The van der Waals surface area contributed by atoms with Gasteiger partial charge in [0.15, 0.2) is 0 Å². The number of anilines is 1. The van der Waals surface area contributed by atoms with Crippen molar-refractivity contribution in [2.75, 3.05) is 17.8 Å². The van der Waals surface area contributed by atoms with Crippen LogP contribution >= 0.6 is 0 Å². The van der Waals surface area contributed by atoms with Gasteiger partial charge in [-0.2, -0.15) is 0 Å². The summed E-state index contributed by atoms with van der Waals surface area (Å²) in [6.45, 7) is 1.02. The number of non-ortho nitro benzene ring substituents is 1. The first-order valence-corrected chi connectivity index (χ1v) is 14.8. The van der Waals surface area contributed by atoms with Gasteiger partial charge in [-0.1, -0.05) is 30.3 Å². The minimum absolute atomic E-state index is 0.00946. The summed E-state index contributed by atoms with van der Waals surface area (Å²) in [5.41, 5.74) is 2.87. The van der Waals surface area contributed by atoms with E-state index < -0.39 is 26.6 Å². The molecule has 0 saturated carbocycles. The highest BCUT2D eigenvalue weighted by Gasteiger charge is 2.16. The quantitative estimate of drug-likeness (QED) is 0.0951. The normalized spacial score (nSPS) is 12.1. The van der Waals surface area contributed by atoms with Crippen molar-refractivity contribution in [2.24, 2.45) is 0 Å². The van der Waals surface area contributed by atoms with Gasteiger partial charge in [-0.3, -0.25) is 29.7 Å². The van der Waals surface area contributed by atoms with Crippen molar-refractivity contribution >= 4 is 21.4 Å². The Labute approximate surface area is 246 Å². The first-order chi connectivity index (χ1) is 20.7. The zero-order valence-electron chi connectivity index (χ0n) is 22.8. The van der Waals surface area contributed by atoms with Gasteiger partial charge in [0.1, 0.15) is 0 Å². The Morgan fingerprint density at radius 3 is 2.47 bits per heavy atom. The number of sulfonamides is 1. The molecule has 0 aliphatic heterocycles. The molecule has 1 atom stereocenters. The Hall–Kier alpha value is -5.11. The Kier molecular flexibility index (Phi) is 8.76. The topological polar surface area (TPSA) is 172 Å². The predicted molar refractivity (Wildman–Crippen MR) is 162 cm³/mol. The van der Waals surface area contributed by atoms with Crippen LogP contribution in [0.15, 0.2) is 113 Å². The number of nitrogens with zero attached hydrogens (tertiary/aromatic N) is 3. The molecule has 0 amide bonds. The number of aliphatic hydroxyl groups excluding tert-OH is 1. The van der Waals surface area contributed by atoms with Crippen LogP contribution in [0, 0.1) is 10.1 Å². The number of aliphatic hydroxyl groups is 1. The van der Waals surface area contributed by atoms with Gasteiger partial charge in [-0.25, -0.2) is 13.1 Å². The second-order valence-corrected chi connectivity index (χ2v) is 11.4. The van der Waals surface area contributed by atoms with Crippen LogP contribution in [0.2, 0.25) is 0 Å². The number of H-pyrrole nitrogens is 1. The fourth-order valence-corrected chi connectivity index (χ4v) is 5.47. The number of hydrogen-bond donors (Lipinski definition) is 4. The Morgan fingerprint density at radius 1 is 1.00 bits per heavy atom. The Bertz CT molecular complexity index is 1870. The maximum absolute atomic E-state index is 13.0. The Morgan fingerprint density at radius 2 is 1.77 bits per heavy atom. The maximum Gasteiger partial charge on any atom is 0.271 e. The van der Waals surface area contributed by atoms with Crippen LogP contribution in [-0.4, -0.2) is 46.3 Å². The SMILES string of the molecule is O=c1cc(-c2cccc([N+](=O)[O-])c2)[nH]n1-c1ccc(S(=O)(=O)Nc2ccc(CCNCC(O)c3cccnc3)cc2)cc1. The number of hydrogen-bond acceptors (Lipinski definition) is 8. The zero-order valence-corrected chi connectivity index (χ0v) is 23.6. The lowest BCUT2D eigenvalue weighted by atomic mass is 10.1. The van der Waals surface area contributed by atoms with E-state index in [1.54, 1.807) is 36.7 Å². The molecule has 0 aliphatic carbocycles. The third-order valence-electron chi connectivity index (χ3n) is 6.70. The van der Waals surface area contributed by atoms with E-state index in [1.807, 2.05) is 18.2 Å². The zero-order chi connectivity index (χ0) is 30.4. The molecule has 1 unspecified atom stereocenters. The van der Waals surface area contributed by atoms with Crippen LogP contribution in [0.4, 0.5) is 11.4 Å². The standard InChI is InChI=1S/C30H28N6O6S/c37-29(23-4-2-15-31-19-23)20-32-16-14-21-6-8-24(9-7-21)34-43(41,42)27-12-10-25(11-13-27)35-30(38)18-28(33-35)22-3-1-5-26(17-22)36(39)40/h1-13,15,17-19,29,32-34,37H,14,16,20H2. The highest BCUT2D eigenvalue weighted by molar-refractivity contribution is 7.92. The molecular formula is C30H28N6O6S. The van der Waals surface area contributed by atoms with E-state index in [0.717, 1.165) is 11.1 Å². The molecule has 5 aromatic rings. The molecule has 0 bridgehead atoms. The summed E-state index contributed by atoms with van der Waals surface area (Å²) in [4.78, 5) is 27.2. The number of aromatic nitrogens is 3. The lowest BCUT2D eigenvalue weighted by molar-refractivity contribution is -0.384. The van der Waals surface area contributed by atoms with E-state index in [0.29, 0.717) is 42.1 Å². The fraction of sp³-hybridized carbons (Fsp3) is 0.133. The van der Waals surface area contributed by atoms with Gasteiger partial charge in [0.25, 0.3) is 21.3 Å². The van der Waals surface area contributed by atoms with Gasteiger partial charge in [0.05, 0.1) is 27.3 Å². The van der Waals surface area contributed by atoms with E-state index in [-0.39, 0.29) is 10.6 Å². The van der Waals surface area contributed by atoms with Gasteiger partial charge in [0, 0.05) is 54.0 Å². The second kappa shape index (κ2) is 12.8. The highest BCUT2D eigenvalue weighted by atomic mass is 32.2. The van der Waals surface area contributed by atoms with E-state index in [2.05, 4.69) is 20.1 Å². The maximum atomic E-state index is 13.0. The van der Waals surface area contributed by atoms with Crippen molar-refractivity contribution in [3.05, 3.63) is 135 Å². The third kappa shape index (κ3) is 7.22. The number of nitro groups is 1. The molecule has 0 fully saturated rings. The second-order valence-electron chi connectivity index (χ2n) is 9.70. The molecular weight excluding hydrogens is 572 g/mol. The molecule has 4 N–H and O–H groups in total. The van der Waals surface area contributed by atoms with Gasteiger partial charge < -0.3 is 10.4 Å². The third-order valence-corrected chi connectivity index (χ3v) is 8.09. The van der Waals surface area contributed by atoms with Crippen LogP contribution < -0.4 is 15.6 Å². The van der Waals surface area contributed by atoms with E-state index in [4.69, 9.17) is 0 Å². The van der Waals surface area contributed by atoms with Crippen molar-refractivity contribution in [2.45, 2.75) is 17.4 Å². The highest BCUT2D eigenvalue weighted by Crippen LogP contribution is 2.23. The van der Waals surface area contributed by atoms with Crippen LogP contribution in [0.25, 0.3) is 16.9 Å². The number of nitro benzene ring substituents is 1. The minimum Gasteiger partial charge on any atom is -0.387 e. The molecule has 0 spiro atoms. The lowest BCUT2D eigenvalue weighted by Crippen LogP contribution is -2.23. The first-order valence-electron chi connectivity index (χ1n) is 13.3. The summed E-state index contributed by atoms with van der Waals surface area (Å²) in [6, 6.07) is 23.6. The van der Waals surface area contributed by atoms with Crippen LogP contribution in [0.1, 0.15) is 17.2 Å². The molecule has 0 saturated heterocycles. The van der Waals surface area contributed by atoms with E-state index >= 15 is 0 Å². The number of rotatable bonds is 12. The number of pyridine rings is 1. The predicted octanol–water partition coefficient (Wildman–Crippen LogP) is 3.80.